The fraction of sp³-hybridized carbons (Fsp3) is 0.500. The summed E-state index contributed by atoms with van der Waals surface area (Å²) in [5.41, 5.74) is 1.04. The molecule has 1 nitrogen and oxygen atoms in total. The molecule has 0 spiro atoms. The molecule has 1 aliphatic carbocycles. The van der Waals surface area contributed by atoms with Gasteiger partial charge < -0.3 is 4.74 Å². The van der Waals surface area contributed by atoms with Crippen LogP contribution in [0.3, 0.4) is 0 Å². The van der Waals surface area contributed by atoms with Gasteiger partial charge in [-0.25, -0.2) is 0 Å². The summed E-state index contributed by atoms with van der Waals surface area (Å²) in [7, 11) is 0. The monoisotopic (exact) mass is 194 g/mol. The molecule has 0 unspecified atom stereocenters. The third-order valence-electron chi connectivity index (χ3n) is 2.76. The van der Waals surface area contributed by atoms with E-state index in [1.807, 2.05) is 30.3 Å². The van der Waals surface area contributed by atoms with Crippen LogP contribution in [0.25, 0.3) is 0 Å². The van der Waals surface area contributed by atoms with Crippen LogP contribution in [-0.2, 0) is 11.3 Å². The zero-order valence-corrected chi connectivity index (χ0v) is 8.21. The van der Waals surface area contributed by atoms with Crippen molar-refractivity contribution in [2.75, 3.05) is 13.3 Å². The lowest BCUT2D eigenvalue weighted by Crippen LogP contribution is -2.12. The second-order valence-corrected chi connectivity index (χ2v) is 4.11. The van der Waals surface area contributed by atoms with Crippen LogP contribution in [0.4, 0.5) is 4.39 Å². The van der Waals surface area contributed by atoms with Gasteiger partial charge in [0.15, 0.2) is 0 Å². The Bertz CT molecular complexity index is 280. The minimum absolute atomic E-state index is 0.116. The number of rotatable bonds is 5. The first-order chi connectivity index (χ1) is 6.85. The molecule has 14 heavy (non-hydrogen) atoms. The highest BCUT2D eigenvalue weighted by Gasteiger charge is 2.42. The first-order valence-corrected chi connectivity index (χ1v) is 5.02. The lowest BCUT2D eigenvalue weighted by molar-refractivity contribution is 0.0679. The molecule has 1 aromatic rings. The van der Waals surface area contributed by atoms with Crippen molar-refractivity contribution in [1.82, 2.24) is 0 Å². The lowest BCUT2D eigenvalue weighted by Gasteiger charge is -2.10. The van der Waals surface area contributed by atoms with Crippen LogP contribution in [0.2, 0.25) is 0 Å². The largest absolute Gasteiger partial charge is 0.376 e. The predicted octanol–water partition coefficient (Wildman–Crippen LogP) is 2.95. The normalized spacial score (nSPS) is 18.1. The average molecular weight is 194 g/mol. The van der Waals surface area contributed by atoms with Crippen molar-refractivity contribution in [2.24, 2.45) is 5.41 Å². The number of hydrogen-bond acceptors (Lipinski definition) is 1. The van der Waals surface area contributed by atoms with E-state index < -0.39 is 0 Å². The van der Waals surface area contributed by atoms with Crippen LogP contribution in [0.5, 0.6) is 0 Å². The number of benzene rings is 1. The summed E-state index contributed by atoms with van der Waals surface area (Å²) in [5, 5.41) is 0. The number of ether oxygens (including phenoxy) is 1. The van der Waals surface area contributed by atoms with E-state index >= 15 is 0 Å². The lowest BCUT2D eigenvalue weighted by atomic mass is 10.1. The molecule has 2 heteroatoms. The average Bonchev–Trinajstić information content (AvgIpc) is 3.00. The predicted molar refractivity (Wildman–Crippen MR) is 53.7 cm³/mol. The summed E-state index contributed by atoms with van der Waals surface area (Å²) in [5.74, 6) is 0. The molecule has 0 saturated heterocycles. The Balaban J connectivity index is 1.73. The first-order valence-electron chi connectivity index (χ1n) is 5.02. The Morgan fingerprint density at radius 3 is 2.50 bits per heavy atom. The molecular weight excluding hydrogens is 179 g/mol. The third kappa shape index (κ3) is 2.32. The summed E-state index contributed by atoms with van der Waals surface area (Å²) in [6.07, 6.45) is 1.97. The molecular formula is C12H15FO. The number of halogens is 1. The Morgan fingerprint density at radius 2 is 1.93 bits per heavy atom. The summed E-state index contributed by atoms with van der Waals surface area (Å²) >= 11 is 0. The van der Waals surface area contributed by atoms with Gasteiger partial charge in [0.25, 0.3) is 0 Å². The third-order valence-corrected chi connectivity index (χ3v) is 2.76. The molecule has 0 radical (unpaired) electrons. The maximum absolute atomic E-state index is 12.5. The van der Waals surface area contributed by atoms with Gasteiger partial charge in [-0.2, -0.15) is 0 Å². The Kier molecular flexibility index (Phi) is 2.82. The topological polar surface area (TPSA) is 9.23 Å². The highest BCUT2D eigenvalue weighted by atomic mass is 19.1. The molecule has 1 aliphatic rings. The van der Waals surface area contributed by atoms with Crippen molar-refractivity contribution >= 4 is 0 Å². The van der Waals surface area contributed by atoms with Crippen molar-refractivity contribution < 1.29 is 9.13 Å². The van der Waals surface area contributed by atoms with Gasteiger partial charge in [-0.3, -0.25) is 4.39 Å². The van der Waals surface area contributed by atoms with E-state index in [-0.39, 0.29) is 12.1 Å². The molecule has 0 aromatic heterocycles. The van der Waals surface area contributed by atoms with Crippen LogP contribution in [0.15, 0.2) is 30.3 Å². The smallest absolute Gasteiger partial charge is 0.0972 e. The molecule has 0 aliphatic heterocycles. The zero-order valence-electron chi connectivity index (χ0n) is 8.21. The molecule has 2 rings (SSSR count). The van der Waals surface area contributed by atoms with Gasteiger partial charge in [0.2, 0.25) is 0 Å². The van der Waals surface area contributed by atoms with Crippen LogP contribution in [0.1, 0.15) is 18.4 Å². The molecule has 0 atom stereocenters. The summed E-state index contributed by atoms with van der Waals surface area (Å²) in [6, 6.07) is 10.00. The first kappa shape index (κ1) is 9.66. The minimum atomic E-state index is -0.234. The summed E-state index contributed by atoms with van der Waals surface area (Å²) in [4.78, 5) is 0. The molecule has 1 fully saturated rings. The van der Waals surface area contributed by atoms with Gasteiger partial charge in [0.1, 0.15) is 0 Å². The Labute approximate surface area is 83.9 Å². The van der Waals surface area contributed by atoms with Gasteiger partial charge in [-0.1, -0.05) is 30.3 Å². The summed E-state index contributed by atoms with van der Waals surface area (Å²) in [6.45, 7) is 0.933. The fourth-order valence-corrected chi connectivity index (χ4v) is 1.45. The molecule has 1 aromatic carbocycles. The highest BCUT2D eigenvalue weighted by molar-refractivity contribution is 5.13. The van der Waals surface area contributed by atoms with Crippen LogP contribution in [-0.4, -0.2) is 13.3 Å². The highest BCUT2D eigenvalue weighted by Crippen LogP contribution is 2.46. The second kappa shape index (κ2) is 4.09. The van der Waals surface area contributed by atoms with Crippen LogP contribution in [0, 0.1) is 5.41 Å². The summed E-state index contributed by atoms with van der Waals surface area (Å²) < 4.78 is 18.0. The van der Waals surface area contributed by atoms with Gasteiger partial charge in [-0.05, 0) is 18.4 Å². The van der Waals surface area contributed by atoms with E-state index in [9.17, 15) is 4.39 Å². The molecule has 0 heterocycles. The van der Waals surface area contributed by atoms with E-state index in [1.54, 1.807) is 0 Å². The minimum Gasteiger partial charge on any atom is -0.376 e. The maximum Gasteiger partial charge on any atom is 0.0972 e. The van der Waals surface area contributed by atoms with Crippen molar-refractivity contribution in [3.8, 4) is 0 Å². The molecule has 1 saturated carbocycles. The quantitative estimate of drug-likeness (QED) is 0.700. The van der Waals surface area contributed by atoms with E-state index in [0.29, 0.717) is 13.2 Å². The molecule has 0 amide bonds. The van der Waals surface area contributed by atoms with E-state index in [4.69, 9.17) is 4.74 Å². The van der Waals surface area contributed by atoms with Crippen molar-refractivity contribution in [3.63, 3.8) is 0 Å². The standard InChI is InChI=1S/C12H15FO/c13-9-12(6-7-12)10-14-8-11-4-2-1-3-5-11/h1-5H,6-10H2. The maximum atomic E-state index is 12.5. The fourth-order valence-electron chi connectivity index (χ4n) is 1.45. The van der Waals surface area contributed by atoms with E-state index in [1.165, 1.54) is 0 Å². The van der Waals surface area contributed by atoms with Crippen molar-refractivity contribution in [2.45, 2.75) is 19.4 Å². The van der Waals surface area contributed by atoms with Gasteiger partial charge in [0, 0.05) is 5.41 Å². The van der Waals surface area contributed by atoms with E-state index in [2.05, 4.69) is 0 Å². The van der Waals surface area contributed by atoms with Crippen molar-refractivity contribution in [1.29, 1.82) is 0 Å². The number of alkyl halides is 1. The Morgan fingerprint density at radius 1 is 1.21 bits per heavy atom. The van der Waals surface area contributed by atoms with Crippen molar-refractivity contribution in [3.05, 3.63) is 35.9 Å². The number of hydrogen-bond donors (Lipinski definition) is 0. The van der Waals surface area contributed by atoms with Gasteiger partial charge >= 0.3 is 0 Å². The molecule has 76 valence electrons. The van der Waals surface area contributed by atoms with Crippen LogP contribution >= 0.6 is 0 Å². The van der Waals surface area contributed by atoms with Gasteiger partial charge in [0.05, 0.1) is 19.9 Å². The second-order valence-electron chi connectivity index (χ2n) is 4.11. The SMILES string of the molecule is FCC1(COCc2ccccc2)CC1. The zero-order chi connectivity index (χ0) is 9.86. The van der Waals surface area contributed by atoms with Gasteiger partial charge in [-0.15, -0.1) is 0 Å². The molecule has 0 bridgehead atoms. The molecule has 0 N–H and O–H groups in total. The Hall–Kier alpha value is -0.890. The van der Waals surface area contributed by atoms with E-state index in [0.717, 1.165) is 18.4 Å². The van der Waals surface area contributed by atoms with Crippen LogP contribution < -0.4 is 0 Å².